The molecule has 1 aromatic rings. The number of halogens is 1. The summed E-state index contributed by atoms with van der Waals surface area (Å²) in [5.41, 5.74) is 1.36. The average molecular weight is 255 g/mol. The van der Waals surface area contributed by atoms with E-state index in [1.165, 1.54) is 12.0 Å². The summed E-state index contributed by atoms with van der Waals surface area (Å²) in [6.45, 7) is 4.21. The summed E-state index contributed by atoms with van der Waals surface area (Å²) in [6, 6.07) is 10.6. The Morgan fingerprint density at radius 3 is 2.29 bits per heavy atom. The van der Waals surface area contributed by atoms with E-state index >= 15 is 0 Å². The highest BCUT2D eigenvalue weighted by Gasteiger charge is 2.05. The van der Waals surface area contributed by atoms with Gasteiger partial charge in [0.05, 0.1) is 0 Å². The molecule has 2 nitrogen and oxygen atoms in total. The van der Waals surface area contributed by atoms with Gasteiger partial charge in [-0.3, -0.25) is 4.90 Å². The number of alkyl halides is 1. The van der Waals surface area contributed by atoms with Crippen LogP contribution in [0.1, 0.15) is 12.0 Å². The maximum absolute atomic E-state index is 5.85. The van der Waals surface area contributed by atoms with Crippen molar-refractivity contribution >= 4 is 11.6 Å². The molecule has 0 amide bonds. The van der Waals surface area contributed by atoms with Crippen LogP contribution in [0.3, 0.4) is 0 Å². The summed E-state index contributed by atoms with van der Waals surface area (Å²) >= 11 is 5.85. The van der Waals surface area contributed by atoms with E-state index in [9.17, 15) is 0 Å². The molecule has 0 N–H and O–H groups in total. The minimum Gasteiger partial charge on any atom is -0.309 e. The first-order chi connectivity index (χ1) is 8.22. The van der Waals surface area contributed by atoms with E-state index in [0.29, 0.717) is 5.88 Å². The van der Waals surface area contributed by atoms with Crippen LogP contribution >= 0.6 is 11.6 Å². The van der Waals surface area contributed by atoms with Gasteiger partial charge in [0.1, 0.15) is 0 Å². The van der Waals surface area contributed by atoms with Crippen molar-refractivity contribution < 1.29 is 0 Å². The van der Waals surface area contributed by atoms with Crippen molar-refractivity contribution in [1.29, 1.82) is 0 Å². The third kappa shape index (κ3) is 6.67. The molecule has 0 unspecified atom stereocenters. The Labute approximate surface area is 110 Å². The van der Waals surface area contributed by atoms with Gasteiger partial charge in [0.2, 0.25) is 0 Å². The van der Waals surface area contributed by atoms with Gasteiger partial charge >= 0.3 is 0 Å². The lowest BCUT2D eigenvalue weighted by Crippen LogP contribution is -2.28. The predicted octanol–water partition coefficient (Wildman–Crippen LogP) is 2.68. The second-order valence-corrected chi connectivity index (χ2v) is 4.99. The van der Waals surface area contributed by atoms with E-state index in [0.717, 1.165) is 26.2 Å². The van der Waals surface area contributed by atoms with E-state index < -0.39 is 0 Å². The Hall–Kier alpha value is -0.570. The molecular formula is C14H23ClN2. The van der Waals surface area contributed by atoms with Crippen molar-refractivity contribution in [2.45, 2.75) is 13.0 Å². The van der Waals surface area contributed by atoms with Crippen LogP contribution in [0.2, 0.25) is 0 Å². The van der Waals surface area contributed by atoms with Crippen molar-refractivity contribution in [2.75, 3.05) is 39.6 Å². The molecule has 1 rings (SSSR count). The normalized spacial score (nSPS) is 11.4. The predicted molar refractivity (Wildman–Crippen MR) is 75.6 cm³/mol. The van der Waals surface area contributed by atoms with Crippen molar-refractivity contribution in [3.8, 4) is 0 Å². The first-order valence-electron chi connectivity index (χ1n) is 6.19. The average Bonchev–Trinajstić information content (AvgIpc) is 2.30. The Morgan fingerprint density at radius 1 is 1.00 bits per heavy atom. The molecule has 3 heteroatoms. The highest BCUT2D eigenvalue weighted by molar-refractivity contribution is 6.18. The highest BCUT2D eigenvalue weighted by Crippen LogP contribution is 2.05. The minimum absolute atomic E-state index is 0.703. The van der Waals surface area contributed by atoms with Crippen molar-refractivity contribution in [3.63, 3.8) is 0 Å². The van der Waals surface area contributed by atoms with Gasteiger partial charge in [-0.15, -0.1) is 11.6 Å². The molecule has 0 aliphatic rings. The van der Waals surface area contributed by atoms with Gasteiger partial charge in [0.25, 0.3) is 0 Å². The zero-order chi connectivity index (χ0) is 12.5. The third-order valence-electron chi connectivity index (χ3n) is 2.73. The fraction of sp³-hybridized carbons (Fsp3) is 0.571. The van der Waals surface area contributed by atoms with Gasteiger partial charge in [-0.05, 0) is 39.2 Å². The van der Waals surface area contributed by atoms with E-state index in [1.54, 1.807) is 0 Å². The van der Waals surface area contributed by atoms with Gasteiger partial charge < -0.3 is 4.90 Å². The zero-order valence-corrected chi connectivity index (χ0v) is 11.7. The molecule has 0 aliphatic heterocycles. The van der Waals surface area contributed by atoms with Crippen LogP contribution in [0.4, 0.5) is 0 Å². The summed E-state index contributed by atoms with van der Waals surface area (Å²) in [5, 5.41) is 0. The summed E-state index contributed by atoms with van der Waals surface area (Å²) in [6.07, 6.45) is 1.19. The van der Waals surface area contributed by atoms with E-state index in [1.807, 2.05) is 0 Å². The van der Waals surface area contributed by atoms with Crippen molar-refractivity contribution in [1.82, 2.24) is 9.80 Å². The Balaban J connectivity index is 2.37. The van der Waals surface area contributed by atoms with Crippen LogP contribution in [-0.4, -0.2) is 49.4 Å². The Morgan fingerprint density at radius 2 is 1.71 bits per heavy atom. The number of hydrogen-bond acceptors (Lipinski definition) is 2. The summed E-state index contributed by atoms with van der Waals surface area (Å²) in [5.74, 6) is 0.703. The molecular weight excluding hydrogens is 232 g/mol. The number of benzene rings is 1. The van der Waals surface area contributed by atoms with Gasteiger partial charge in [0.15, 0.2) is 0 Å². The number of hydrogen-bond donors (Lipinski definition) is 0. The Bertz CT molecular complexity index is 288. The molecule has 0 aromatic heterocycles. The van der Waals surface area contributed by atoms with E-state index in [2.05, 4.69) is 54.2 Å². The monoisotopic (exact) mass is 254 g/mol. The lowest BCUT2D eigenvalue weighted by molar-refractivity contribution is 0.260. The number of nitrogens with zero attached hydrogens (tertiary/aromatic N) is 2. The molecule has 1 aromatic carbocycles. The van der Waals surface area contributed by atoms with Crippen LogP contribution in [0.5, 0.6) is 0 Å². The quantitative estimate of drug-likeness (QED) is 0.659. The van der Waals surface area contributed by atoms with Crippen molar-refractivity contribution in [3.05, 3.63) is 35.9 Å². The molecule has 0 heterocycles. The molecule has 17 heavy (non-hydrogen) atoms. The van der Waals surface area contributed by atoms with Crippen LogP contribution < -0.4 is 0 Å². The van der Waals surface area contributed by atoms with Crippen LogP contribution in [0, 0.1) is 0 Å². The van der Waals surface area contributed by atoms with Crippen LogP contribution in [0.25, 0.3) is 0 Å². The van der Waals surface area contributed by atoms with E-state index in [4.69, 9.17) is 11.6 Å². The third-order valence-corrected chi connectivity index (χ3v) is 2.90. The second kappa shape index (κ2) is 8.51. The lowest BCUT2D eigenvalue weighted by Gasteiger charge is -2.22. The zero-order valence-electron chi connectivity index (χ0n) is 10.9. The highest BCUT2D eigenvalue weighted by atomic mass is 35.5. The molecule has 96 valence electrons. The maximum atomic E-state index is 5.85. The fourth-order valence-electron chi connectivity index (χ4n) is 1.84. The first kappa shape index (κ1) is 14.5. The van der Waals surface area contributed by atoms with Crippen molar-refractivity contribution in [2.24, 2.45) is 0 Å². The Kier molecular flexibility index (Phi) is 7.25. The SMILES string of the molecule is CN(C)CCCN(CCCl)Cc1ccccc1. The summed E-state index contributed by atoms with van der Waals surface area (Å²) in [7, 11) is 4.23. The second-order valence-electron chi connectivity index (χ2n) is 4.61. The molecule has 0 bridgehead atoms. The van der Waals surface area contributed by atoms with Gasteiger partial charge in [0, 0.05) is 19.0 Å². The first-order valence-corrected chi connectivity index (χ1v) is 6.73. The largest absolute Gasteiger partial charge is 0.309 e. The van der Waals surface area contributed by atoms with Gasteiger partial charge in [-0.25, -0.2) is 0 Å². The molecule has 0 aliphatic carbocycles. The molecule has 0 fully saturated rings. The van der Waals surface area contributed by atoms with Crippen LogP contribution in [0.15, 0.2) is 30.3 Å². The fourth-order valence-corrected chi connectivity index (χ4v) is 2.08. The van der Waals surface area contributed by atoms with Crippen LogP contribution in [-0.2, 0) is 6.54 Å². The number of rotatable bonds is 8. The van der Waals surface area contributed by atoms with Gasteiger partial charge in [-0.2, -0.15) is 0 Å². The molecule has 0 radical (unpaired) electrons. The molecule has 0 atom stereocenters. The van der Waals surface area contributed by atoms with E-state index in [-0.39, 0.29) is 0 Å². The maximum Gasteiger partial charge on any atom is 0.0351 e. The molecule has 0 spiro atoms. The van der Waals surface area contributed by atoms with Gasteiger partial charge in [-0.1, -0.05) is 30.3 Å². The standard InChI is InChI=1S/C14H23ClN2/c1-16(2)10-6-11-17(12-9-15)13-14-7-4-3-5-8-14/h3-5,7-8H,6,9-13H2,1-2H3. The summed E-state index contributed by atoms with van der Waals surface area (Å²) < 4.78 is 0. The smallest absolute Gasteiger partial charge is 0.0351 e. The summed E-state index contributed by atoms with van der Waals surface area (Å²) in [4.78, 5) is 4.65. The molecule has 0 saturated heterocycles. The molecule has 0 saturated carbocycles. The topological polar surface area (TPSA) is 6.48 Å². The minimum atomic E-state index is 0.703. The lowest BCUT2D eigenvalue weighted by atomic mass is 10.2.